The number of nitrogens with one attached hydrogen (secondary N) is 1. The van der Waals surface area contributed by atoms with Crippen molar-refractivity contribution >= 4 is 17.7 Å². The number of nitrogens with zero attached hydrogens (tertiary/aromatic N) is 1. The molecule has 114 valence electrons. The Balaban J connectivity index is 1.72. The van der Waals surface area contributed by atoms with Crippen LogP contribution in [0.5, 0.6) is 11.5 Å². The van der Waals surface area contributed by atoms with E-state index in [1.807, 2.05) is 23.1 Å². The van der Waals surface area contributed by atoms with Gasteiger partial charge in [-0.25, -0.2) is 0 Å². The molecular weight excluding hydrogens is 288 g/mol. The highest BCUT2D eigenvalue weighted by Crippen LogP contribution is 2.42. The third kappa shape index (κ3) is 3.11. The molecule has 0 saturated carbocycles. The first-order valence-electron chi connectivity index (χ1n) is 7.25. The molecule has 2 heterocycles. The predicted molar refractivity (Wildman–Crippen MR) is 81.8 cm³/mol. The number of hydrogen-bond donors (Lipinski definition) is 1. The molecule has 1 saturated heterocycles. The number of amides is 1. The van der Waals surface area contributed by atoms with Crippen LogP contribution in [0.3, 0.4) is 0 Å². The van der Waals surface area contributed by atoms with Crippen molar-refractivity contribution in [1.82, 2.24) is 4.90 Å². The smallest absolute Gasteiger partial charge is 0.233 e. The van der Waals surface area contributed by atoms with Gasteiger partial charge in [0.25, 0.3) is 0 Å². The van der Waals surface area contributed by atoms with E-state index in [0.717, 1.165) is 36.6 Å². The van der Waals surface area contributed by atoms with Crippen molar-refractivity contribution < 1.29 is 19.2 Å². The zero-order chi connectivity index (χ0) is 14.8. The molecule has 1 fully saturated rings. The molecule has 1 N–H and O–H groups in total. The second-order valence-corrected chi connectivity index (χ2v) is 6.74. The highest BCUT2D eigenvalue weighted by atomic mass is 32.2. The average molecular weight is 309 g/mol. The summed E-state index contributed by atoms with van der Waals surface area (Å²) < 4.78 is 10.8. The largest absolute Gasteiger partial charge is 0.454 e. The van der Waals surface area contributed by atoms with E-state index in [2.05, 4.69) is 14.1 Å². The fourth-order valence-corrected chi connectivity index (χ4v) is 3.85. The molecule has 1 amide bonds. The molecule has 0 radical (unpaired) electrons. The lowest BCUT2D eigenvalue weighted by Crippen LogP contribution is -3.05. The van der Waals surface area contributed by atoms with Crippen LogP contribution in [0.2, 0.25) is 0 Å². The van der Waals surface area contributed by atoms with Crippen LogP contribution in [0.15, 0.2) is 18.2 Å². The summed E-state index contributed by atoms with van der Waals surface area (Å²) in [6, 6.07) is 5.97. The first kappa shape index (κ1) is 14.5. The van der Waals surface area contributed by atoms with Gasteiger partial charge in [-0.15, -0.1) is 11.8 Å². The van der Waals surface area contributed by atoms with Crippen molar-refractivity contribution in [2.45, 2.75) is 11.8 Å². The number of thioether (sulfide) groups is 1. The number of benzene rings is 1. The van der Waals surface area contributed by atoms with Gasteiger partial charge in [0.15, 0.2) is 11.5 Å². The molecule has 0 bridgehead atoms. The van der Waals surface area contributed by atoms with Gasteiger partial charge in [-0.1, -0.05) is 6.07 Å². The highest BCUT2D eigenvalue weighted by Gasteiger charge is 2.33. The van der Waals surface area contributed by atoms with Gasteiger partial charge >= 0.3 is 0 Å². The SMILES string of the molecule is C[NH+](C)CCCN1C(=O)CSC1c1ccc2c(c1)OCO2. The monoisotopic (exact) mass is 309 g/mol. The number of carbonyl (C=O) groups excluding carboxylic acids is 1. The molecule has 0 aromatic heterocycles. The molecule has 1 atom stereocenters. The van der Waals surface area contributed by atoms with Crippen molar-refractivity contribution in [3.8, 4) is 11.5 Å². The van der Waals surface area contributed by atoms with Crippen LogP contribution in [0, 0.1) is 0 Å². The Hall–Kier alpha value is -1.40. The molecule has 1 aromatic carbocycles. The van der Waals surface area contributed by atoms with E-state index in [-0.39, 0.29) is 18.1 Å². The van der Waals surface area contributed by atoms with Gasteiger partial charge in [0, 0.05) is 13.0 Å². The Kier molecular flexibility index (Phi) is 4.26. The summed E-state index contributed by atoms with van der Waals surface area (Å²) in [6.07, 6.45) is 1.02. The summed E-state index contributed by atoms with van der Waals surface area (Å²) in [6.45, 7) is 2.17. The Morgan fingerprint density at radius 3 is 2.95 bits per heavy atom. The first-order chi connectivity index (χ1) is 10.1. The molecule has 6 heteroatoms. The fourth-order valence-electron chi connectivity index (χ4n) is 2.64. The lowest BCUT2D eigenvalue weighted by atomic mass is 10.1. The molecule has 1 unspecified atom stereocenters. The summed E-state index contributed by atoms with van der Waals surface area (Å²) in [7, 11) is 4.27. The lowest BCUT2D eigenvalue weighted by molar-refractivity contribution is -0.858. The summed E-state index contributed by atoms with van der Waals surface area (Å²) in [4.78, 5) is 15.5. The third-order valence-electron chi connectivity index (χ3n) is 3.73. The average Bonchev–Trinajstić information content (AvgIpc) is 3.05. The van der Waals surface area contributed by atoms with Crippen LogP contribution in [0.4, 0.5) is 0 Å². The van der Waals surface area contributed by atoms with Gasteiger partial charge in [-0.2, -0.15) is 0 Å². The molecule has 0 spiro atoms. The number of quaternary nitrogens is 1. The number of fused-ring (bicyclic) bond motifs is 1. The van der Waals surface area contributed by atoms with E-state index in [1.165, 1.54) is 4.90 Å². The Bertz CT molecular complexity index is 536. The number of hydrogen-bond acceptors (Lipinski definition) is 4. The van der Waals surface area contributed by atoms with Crippen molar-refractivity contribution in [3.63, 3.8) is 0 Å². The van der Waals surface area contributed by atoms with Crippen molar-refractivity contribution in [1.29, 1.82) is 0 Å². The Morgan fingerprint density at radius 1 is 1.33 bits per heavy atom. The minimum absolute atomic E-state index is 0.101. The van der Waals surface area contributed by atoms with Gasteiger partial charge in [0.1, 0.15) is 5.37 Å². The predicted octanol–water partition coefficient (Wildman–Crippen LogP) is 0.524. The van der Waals surface area contributed by atoms with E-state index in [1.54, 1.807) is 11.8 Å². The maximum atomic E-state index is 12.1. The molecule has 0 aliphatic carbocycles. The number of carbonyl (C=O) groups is 1. The summed E-state index contributed by atoms with van der Waals surface area (Å²) in [5.74, 6) is 2.37. The first-order valence-corrected chi connectivity index (χ1v) is 8.29. The van der Waals surface area contributed by atoms with Crippen LogP contribution in [0.25, 0.3) is 0 Å². The summed E-state index contributed by atoms with van der Waals surface area (Å²) in [5.41, 5.74) is 1.12. The molecule has 1 aromatic rings. The van der Waals surface area contributed by atoms with Crippen LogP contribution < -0.4 is 14.4 Å². The molecule has 2 aliphatic heterocycles. The summed E-state index contributed by atoms with van der Waals surface area (Å²) in [5, 5.41) is 0.101. The second kappa shape index (κ2) is 6.15. The standard InChI is InChI=1S/C15H20N2O3S/c1-16(2)6-3-7-17-14(18)9-21-15(17)11-4-5-12-13(8-11)20-10-19-12/h4-5,8,15H,3,6-7,9-10H2,1-2H3/p+1. The van der Waals surface area contributed by atoms with Crippen LogP contribution in [-0.4, -0.2) is 50.5 Å². The van der Waals surface area contributed by atoms with Crippen molar-refractivity contribution in [2.24, 2.45) is 0 Å². The Morgan fingerprint density at radius 2 is 2.14 bits per heavy atom. The molecule has 21 heavy (non-hydrogen) atoms. The van der Waals surface area contributed by atoms with Crippen LogP contribution in [0.1, 0.15) is 17.4 Å². The van der Waals surface area contributed by atoms with E-state index in [4.69, 9.17) is 9.47 Å². The maximum Gasteiger partial charge on any atom is 0.233 e. The van der Waals surface area contributed by atoms with E-state index in [9.17, 15) is 4.79 Å². The second-order valence-electron chi connectivity index (χ2n) is 5.67. The van der Waals surface area contributed by atoms with Gasteiger partial charge in [0.2, 0.25) is 12.7 Å². The van der Waals surface area contributed by atoms with Crippen LogP contribution >= 0.6 is 11.8 Å². The minimum atomic E-state index is 0.101. The van der Waals surface area contributed by atoms with Crippen molar-refractivity contribution in [2.75, 3.05) is 39.7 Å². The van der Waals surface area contributed by atoms with Crippen LogP contribution in [-0.2, 0) is 4.79 Å². The molecule has 3 rings (SSSR count). The summed E-state index contributed by atoms with van der Waals surface area (Å²) >= 11 is 1.69. The number of ether oxygens (including phenoxy) is 2. The number of rotatable bonds is 5. The lowest BCUT2D eigenvalue weighted by Gasteiger charge is -2.24. The van der Waals surface area contributed by atoms with E-state index < -0.39 is 0 Å². The van der Waals surface area contributed by atoms with Gasteiger partial charge in [-0.05, 0) is 17.7 Å². The maximum absolute atomic E-state index is 12.1. The minimum Gasteiger partial charge on any atom is -0.454 e. The van der Waals surface area contributed by atoms with E-state index >= 15 is 0 Å². The third-order valence-corrected chi connectivity index (χ3v) is 4.98. The topological polar surface area (TPSA) is 43.2 Å². The zero-order valence-corrected chi connectivity index (χ0v) is 13.2. The van der Waals surface area contributed by atoms with Gasteiger partial charge < -0.3 is 19.3 Å². The van der Waals surface area contributed by atoms with Gasteiger partial charge in [0.05, 0.1) is 26.4 Å². The molecule has 2 aliphatic rings. The normalized spacial score (nSPS) is 20.6. The van der Waals surface area contributed by atoms with E-state index in [0.29, 0.717) is 5.75 Å². The zero-order valence-electron chi connectivity index (χ0n) is 12.4. The molecule has 5 nitrogen and oxygen atoms in total. The van der Waals surface area contributed by atoms with Crippen molar-refractivity contribution in [3.05, 3.63) is 23.8 Å². The highest BCUT2D eigenvalue weighted by molar-refractivity contribution is 8.00. The quantitative estimate of drug-likeness (QED) is 0.861. The molecular formula is C15H21N2O3S+. The van der Waals surface area contributed by atoms with Gasteiger partial charge in [-0.3, -0.25) is 4.79 Å². The fraction of sp³-hybridized carbons (Fsp3) is 0.533. The Labute approximate surface area is 129 Å².